The van der Waals surface area contributed by atoms with Crippen LogP contribution in [-0.2, 0) is 4.74 Å². The number of carbonyl (C=O) groups is 2. The van der Waals surface area contributed by atoms with E-state index in [1.165, 1.54) is 24.3 Å². The third-order valence-electron chi connectivity index (χ3n) is 1.79. The van der Waals surface area contributed by atoms with E-state index < -0.39 is 11.9 Å². The lowest BCUT2D eigenvalue weighted by molar-refractivity contribution is 0.0526. The Morgan fingerprint density at radius 3 is 2.38 bits per heavy atom. The van der Waals surface area contributed by atoms with Crippen molar-refractivity contribution < 1.29 is 14.3 Å². The fourth-order valence-electron chi connectivity index (χ4n) is 1.07. The number of thiocarbonyl (C=S) groups is 1. The van der Waals surface area contributed by atoms with E-state index in [0.717, 1.165) is 0 Å². The Labute approximate surface area is 97.9 Å². The van der Waals surface area contributed by atoms with Crippen molar-refractivity contribution in [2.45, 2.75) is 6.92 Å². The summed E-state index contributed by atoms with van der Waals surface area (Å²) in [7, 11) is 0. The smallest absolute Gasteiger partial charge is 0.338 e. The highest BCUT2D eigenvalue weighted by molar-refractivity contribution is 7.78. The Morgan fingerprint density at radius 2 is 1.88 bits per heavy atom. The highest BCUT2D eigenvalue weighted by Crippen LogP contribution is 2.07. The van der Waals surface area contributed by atoms with Crippen LogP contribution in [0.4, 0.5) is 0 Å². The van der Waals surface area contributed by atoms with Crippen molar-refractivity contribution in [2.75, 3.05) is 6.61 Å². The molecule has 0 spiro atoms. The van der Waals surface area contributed by atoms with E-state index in [0.29, 0.717) is 17.7 Å². The number of rotatable bonds is 3. The lowest BCUT2D eigenvalue weighted by Gasteiger charge is -2.01. The molecule has 0 bridgehead atoms. The van der Waals surface area contributed by atoms with Gasteiger partial charge in [0.15, 0.2) is 0 Å². The second kappa shape index (κ2) is 5.90. The van der Waals surface area contributed by atoms with Crippen LogP contribution in [0.5, 0.6) is 0 Å². The topological polar surface area (TPSA) is 55.7 Å². The number of ether oxygens (including phenoxy) is 1. The van der Waals surface area contributed by atoms with Crippen LogP contribution in [0.3, 0.4) is 0 Å². The first-order valence-electron chi connectivity index (χ1n) is 4.58. The first-order chi connectivity index (χ1) is 7.69. The second-order valence-electron chi connectivity index (χ2n) is 2.81. The van der Waals surface area contributed by atoms with Crippen molar-refractivity contribution in [2.24, 2.45) is 4.99 Å². The van der Waals surface area contributed by atoms with Crippen LogP contribution >= 0.6 is 12.2 Å². The van der Waals surface area contributed by atoms with Gasteiger partial charge < -0.3 is 4.74 Å². The van der Waals surface area contributed by atoms with Gasteiger partial charge in [0.1, 0.15) is 0 Å². The highest BCUT2D eigenvalue weighted by atomic mass is 32.1. The van der Waals surface area contributed by atoms with Crippen molar-refractivity contribution in [3.05, 3.63) is 35.4 Å². The molecule has 0 saturated heterocycles. The normalized spacial score (nSPS) is 9.06. The van der Waals surface area contributed by atoms with Crippen LogP contribution in [0.1, 0.15) is 27.6 Å². The first-order valence-corrected chi connectivity index (χ1v) is 4.99. The highest BCUT2D eigenvalue weighted by Gasteiger charge is 2.08. The van der Waals surface area contributed by atoms with Gasteiger partial charge in [-0.1, -0.05) is 0 Å². The Kier molecular flexibility index (Phi) is 4.51. The molecule has 0 unspecified atom stereocenters. The Balaban J connectivity index is 2.86. The van der Waals surface area contributed by atoms with Gasteiger partial charge in [0.2, 0.25) is 0 Å². The van der Waals surface area contributed by atoms with E-state index in [4.69, 9.17) is 4.74 Å². The quantitative estimate of drug-likeness (QED) is 0.457. The van der Waals surface area contributed by atoms with Crippen LogP contribution in [0.25, 0.3) is 0 Å². The fourth-order valence-corrected chi connectivity index (χ4v) is 1.15. The minimum Gasteiger partial charge on any atom is -0.462 e. The van der Waals surface area contributed by atoms with E-state index in [1.54, 1.807) is 6.92 Å². The predicted molar refractivity (Wildman–Crippen MR) is 61.8 cm³/mol. The summed E-state index contributed by atoms with van der Waals surface area (Å²) >= 11 is 4.32. The monoisotopic (exact) mass is 235 g/mol. The molecule has 0 heterocycles. The van der Waals surface area contributed by atoms with Gasteiger partial charge in [-0.15, -0.1) is 0 Å². The molecule has 1 rings (SSSR count). The molecule has 1 amide bonds. The van der Waals surface area contributed by atoms with E-state index >= 15 is 0 Å². The molecule has 82 valence electrons. The zero-order valence-corrected chi connectivity index (χ0v) is 9.41. The summed E-state index contributed by atoms with van der Waals surface area (Å²) in [4.78, 5) is 25.8. The Bertz CT molecular complexity index is 447. The summed E-state index contributed by atoms with van der Waals surface area (Å²) in [5.41, 5.74) is 0.745. The van der Waals surface area contributed by atoms with Gasteiger partial charge in [0, 0.05) is 5.56 Å². The SMILES string of the molecule is CCOC(=O)c1ccc(C(=O)N=C=S)cc1. The van der Waals surface area contributed by atoms with Crippen LogP contribution < -0.4 is 0 Å². The molecule has 0 aromatic heterocycles. The average molecular weight is 235 g/mol. The molecule has 0 fully saturated rings. The molecule has 0 aliphatic carbocycles. The average Bonchev–Trinajstić information content (AvgIpc) is 2.30. The largest absolute Gasteiger partial charge is 0.462 e. The third kappa shape index (κ3) is 3.08. The van der Waals surface area contributed by atoms with E-state index in [1.807, 2.05) is 5.16 Å². The van der Waals surface area contributed by atoms with Gasteiger partial charge in [-0.25, -0.2) is 4.79 Å². The van der Waals surface area contributed by atoms with E-state index in [9.17, 15) is 9.59 Å². The third-order valence-corrected chi connectivity index (χ3v) is 1.88. The number of esters is 1. The van der Waals surface area contributed by atoms with Crippen LogP contribution in [0.2, 0.25) is 0 Å². The number of hydrogen-bond acceptors (Lipinski definition) is 4. The second-order valence-corrected chi connectivity index (χ2v) is 2.99. The summed E-state index contributed by atoms with van der Waals surface area (Å²) in [5, 5.41) is 1.99. The van der Waals surface area contributed by atoms with Gasteiger partial charge in [0.05, 0.1) is 17.3 Å². The number of benzene rings is 1. The molecule has 0 aliphatic rings. The standard InChI is InChI=1S/C11H9NO3S/c1-2-15-11(14)9-5-3-8(4-6-9)10(13)12-7-16/h3-6H,2H2,1H3. The molecule has 16 heavy (non-hydrogen) atoms. The number of aliphatic imine (C=N–C) groups is 1. The lowest BCUT2D eigenvalue weighted by Crippen LogP contribution is -2.05. The molecule has 0 N–H and O–H groups in total. The lowest BCUT2D eigenvalue weighted by atomic mass is 10.1. The molecule has 0 atom stereocenters. The summed E-state index contributed by atoms with van der Waals surface area (Å²) in [6.45, 7) is 2.04. The van der Waals surface area contributed by atoms with Crippen molar-refractivity contribution in [3.8, 4) is 0 Å². The van der Waals surface area contributed by atoms with Crippen LogP contribution in [-0.4, -0.2) is 23.6 Å². The minimum atomic E-state index is -0.481. The van der Waals surface area contributed by atoms with E-state index in [-0.39, 0.29) is 0 Å². The number of amides is 1. The zero-order valence-electron chi connectivity index (χ0n) is 8.60. The molecule has 0 aliphatic heterocycles. The van der Waals surface area contributed by atoms with E-state index in [2.05, 4.69) is 17.2 Å². The Morgan fingerprint density at radius 1 is 1.31 bits per heavy atom. The maximum Gasteiger partial charge on any atom is 0.338 e. The van der Waals surface area contributed by atoms with Gasteiger partial charge in [0.25, 0.3) is 5.91 Å². The van der Waals surface area contributed by atoms with Crippen molar-refractivity contribution in [3.63, 3.8) is 0 Å². The molecule has 4 nitrogen and oxygen atoms in total. The molecule has 0 saturated carbocycles. The predicted octanol–water partition coefficient (Wildman–Crippen LogP) is 2.11. The van der Waals surface area contributed by atoms with Gasteiger partial charge in [-0.3, -0.25) is 4.79 Å². The van der Waals surface area contributed by atoms with Crippen molar-refractivity contribution in [1.29, 1.82) is 0 Å². The fraction of sp³-hybridized carbons (Fsp3) is 0.182. The van der Waals surface area contributed by atoms with Gasteiger partial charge in [-0.05, 0) is 43.4 Å². The molecule has 5 heteroatoms. The zero-order chi connectivity index (χ0) is 12.0. The molecule has 1 aromatic rings. The summed E-state index contributed by atoms with van der Waals surface area (Å²) in [6, 6.07) is 5.99. The van der Waals surface area contributed by atoms with Gasteiger partial charge in [-0.2, -0.15) is 4.99 Å². The number of isothiocyanates is 1. The van der Waals surface area contributed by atoms with Crippen LogP contribution in [0, 0.1) is 0 Å². The molecule has 0 radical (unpaired) electrons. The van der Waals surface area contributed by atoms with Gasteiger partial charge >= 0.3 is 5.97 Å². The Hall–Kier alpha value is -1.84. The summed E-state index contributed by atoms with van der Waals surface area (Å²) in [5.74, 6) is -0.898. The number of carbonyl (C=O) groups excluding carboxylic acids is 2. The number of hydrogen-bond donors (Lipinski definition) is 0. The maximum atomic E-state index is 11.3. The van der Waals surface area contributed by atoms with Crippen molar-refractivity contribution in [1.82, 2.24) is 0 Å². The molecular weight excluding hydrogens is 226 g/mol. The molecular formula is C11H9NO3S. The van der Waals surface area contributed by atoms with Crippen molar-refractivity contribution >= 4 is 29.3 Å². The summed E-state index contributed by atoms with van der Waals surface area (Å²) < 4.78 is 4.80. The number of nitrogens with zero attached hydrogens (tertiary/aromatic N) is 1. The summed E-state index contributed by atoms with van der Waals surface area (Å²) in [6.07, 6.45) is 0. The molecule has 1 aromatic carbocycles. The maximum absolute atomic E-state index is 11.3. The minimum absolute atomic E-state index is 0.314. The first kappa shape index (κ1) is 12.2. The van der Waals surface area contributed by atoms with Crippen LogP contribution in [0.15, 0.2) is 29.3 Å².